The van der Waals surface area contributed by atoms with Gasteiger partial charge in [-0.15, -0.1) is 0 Å². The van der Waals surface area contributed by atoms with Crippen LogP contribution in [-0.4, -0.2) is 184 Å². The smallest absolute Gasteiger partial charge is 0.326 e. The average Bonchev–Trinajstić information content (AvgIpc) is 1.28. The van der Waals surface area contributed by atoms with Crippen molar-refractivity contribution in [3.8, 4) is 6.19 Å². The van der Waals surface area contributed by atoms with E-state index in [0.29, 0.717) is 42.8 Å². The highest BCUT2D eigenvalue weighted by Crippen LogP contribution is 2.36. The van der Waals surface area contributed by atoms with Crippen molar-refractivity contribution in [2.45, 2.75) is 196 Å². The van der Waals surface area contributed by atoms with E-state index in [1.165, 1.54) is 48.5 Å². The Hall–Kier alpha value is -13.6. The van der Waals surface area contributed by atoms with Crippen LogP contribution in [0.25, 0.3) is 0 Å². The van der Waals surface area contributed by atoms with Crippen molar-refractivity contribution in [2.24, 2.45) is 39.4 Å². The number of nitrogens with one attached hydrogen (secondary N) is 10. The fourth-order valence-corrected chi connectivity index (χ4v) is 20.6. The number of imidazole rings is 1. The molecule has 148 heavy (non-hydrogen) atoms. The van der Waals surface area contributed by atoms with E-state index in [-0.39, 0.29) is 171 Å². The molecular formula is C107H111Cl8N17O16. The fraction of sp³-hybridized carbons (Fsp3) is 0.346. The first-order valence-electron chi connectivity index (χ1n) is 48.2. The highest BCUT2D eigenvalue weighted by atomic mass is 35.5. The molecule has 0 spiro atoms. The van der Waals surface area contributed by atoms with Gasteiger partial charge >= 0.3 is 23.9 Å². The highest BCUT2D eigenvalue weighted by Gasteiger charge is 2.36. The quantitative estimate of drug-likeness (QED) is 0.00739. The number of amides is 4. The van der Waals surface area contributed by atoms with Gasteiger partial charge in [-0.1, -0.05) is 233 Å². The number of hydrogen-bond acceptors (Lipinski definition) is 22. The first-order valence-corrected chi connectivity index (χ1v) is 51.3. The maximum absolute atomic E-state index is 13.0. The van der Waals surface area contributed by atoms with Gasteiger partial charge in [0.15, 0.2) is 18.1 Å². The molecule has 10 aromatic rings. The minimum absolute atomic E-state index is 0.0101. The van der Waals surface area contributed by atoms with Crippen LogP contribution in [0.1, 0.15) is 182 Å². The number of halogens is 8. The Morgan fingerprint density at radius 3 is 1.00 bits per heavy atom. The summed E-state index contributed by atoms with van der Waals surface area (Å²) in [7, 11) is 0. The van der Waals surface area contributed by atoms with Crippen LogP contribution in [0.15, 0.2) is 211 Å². The zero-order chi connectivity index (χ0) is 106. The number of benzene rings is 8. The molecule has 4 fully saturated rings. The molecule has 5 aliphatic rings. The predicted octanol–water partition coefficient (Wildman–Crippen LogP) is 16.6. The lowest BCUT2D eigenvalue weighted by atomic mass is 9.81. The number of ketones is 4. The number of H-pyrrole nitrogens is 1. The number of rotatable bonds is 38. The molecule has 0 unspecified atom stereocenters. The molecule has 0 bridgehead atoms. The molecule has 4 amide bonds. The van der Waals surface area contributed by atoms with Crippen molar-refractivity contribution in [3.05, 3.63) is 308 Å². The van der Waals surface area contributed by atoms with Crippen molar-refractivity contribution in [3.63, 3.8) is 0 Å². The van der Waals surface area contributed by atoms with Gasteiger partial charge in [0.2, 0.25) is 11.9 Å². The third kappa shape index (κ3) is 34.3. The van der Waals surface area contributed by atoms with E-state index >= 15 is 0 Å². The maximum atomic E-state index is 13.0. The third-order valence-electron chi connectivity index (χ3n) is 26.0. The lowest BCUT2D eigenvalue weighted by Crippen LogP contribution is -2.44. The first-order chi connectivity index (χ1) is 71.1. The molecule has 4 aliphatic carbocycles. The van der Waals surface area contributed by atoms with E-state index in [0.717, 1.165) is 148 Å². The lowest BCUT2D eigenvalue weighted by Gasteiger charge is -2.29. The molecule has 16 N–H and O–H groups in total. The van der Waals surface area contributed by atoms with Crippen LogP contribution < -0.4 is 53.6 Å². The van der Waals surface area contributed by atoms with Crippen molar-refractivity contribution in [1.29, 1.82) is 5.26 Å². The molecule has 33 nitrogen and oxygen atoms in total. The number of anilines is 2. The van der Waals surface area contributed by atoms with E-state index in [4.69, 9.17) is 104 Å². The van der Waals surface area contributed by atoms with Crippen molar-refractivity contribution in [1.82, 2.24) is 57.2 Å². The molecule has 776 valence electrons. The summed E-state index contributed by atoms with van der Waals surface area (Å²) in [6.45, 7) is 1.63. The molecule has 0 saturated heterocycles. The van der Waals surface area contributed by atoms with Gasteiger partial charge in [0.1, 0.15) is 47.3 Å². The summed E-state index contributed by atoms with van der Waals surface area (Å²) in [6, 6.07) is 44.8. The van der Waals surface area contributed by atoms with Crippen LogP contribution in [0.3, 0.4) is 0 Å². The van der Waals surface area contributed by atoms with Crippen LogP contribution in [0.2, 0.25) is 40.2 Å². The number of carbonyl (C=O) groups excluding carboxylic acids is 8. The number of carboxylic acids is 4. The maximum Gasteiger partial charge on any atom is 0.326 e. The number of nitriles is 1. The van der Waals surface area contributed by atoms with Gasteiger partial charge < -0.3 is 73.7 Å². The predicted molar refractivity (Wildman–Crippen MR) is 567 cm³/mol. The van der Waals surface area contributed by atoms with Gasteiger partial charge in [0, 0.05) is 124 Å². The second kappa shape index (κ2) is 56.0. The van der Waals surface area contributed by atoms with E-state index in [9.17, 15) is 78.0 Å². The van der Waals surface area contributed by atoms with Crippen LogP contribution >= 0.6 is 92.8 Å². The van der Waals surface area contributed by atoms with Crippen molar-refractivity contribution < 1.29 is 78.0 Å². The number of carbonyl (C=O) groups is 12. The average molecular weight is 2170 g/mol. The Labute approximate surface area is 894 Å². The minimum Gasteiger partial charge on any atom is -0.480 e. The zero-order valence-electron chi connectivity index (χ0n) is 80.1. The summed E-state index contributed by atoms with van der Waals surface area (Å²) in [5.41, 5.74) is 12.0. The molecule has 3 heterocycles. The molecule has 41 heteroatoms. The normalized spacial score (nSPS) is 18.5. The Morgan fingerprint density at radius 2 is 0.689 bits per heavy atom. The van der Waals surface area contributed by atoms with Gasteiger partial charge in [-0.3, -0.25) is 48.7 Å². The van der Waals surface area contributed by atoms with E-state index in [2.05, 4.69) is 77.8 Å². The molecular weight excluding hydrogens is 2060 g/mol. The number of nitrogens with two attached hydrogens (primary N) is 1. The Balaban J connectivity index is 0.000000175. The minimum atomic E-state index is -1.20. The summed E-state index contributed by atoms with van der Waals surface area (Å²) in [6.07, 6.45) is 22.8. The van der Waals surface area contributed by atoms with Crippen LogP contribution in [0, 0.1) is 35.1 Å². The summed E-state index contributed by atoms with van der Waals surface area (Å²) in [4.78, 5) is 174. The topological polar surface area (TPSA) is 523 Å². The summed E-state index contributed by atoms with van der Waals surface area (Å²) in [5, 5.41) is 73.9. The van der Waals surface area contributed by atoms with Gasteiger partial charge in [-0.25, -0.2) is 39.1 Å². The number of carboxylic acid groups (broad SMARTS) is 4. The molecule has 2 aromatic heterocycles. The van der Waals surface area contributed by atoms with Crippen LogP contribution in [-0.2, 0) is 89.7 Å². The number of aliphatic imine (C=N–C) groups is 2. The monoisotopic (exact) mass is 2170 g/mol. The lowest BCUT2D eigenvalue weighted by molar-refractivity contribution is -0.140. The van der Waals surface area contributed by atoms with Gasteiger partial charge in [0.05, 0.1) is 75.0 Å². The third-order valence-corrected chi connectivity index (χ3v) is 28.6. The number of hydrogen-bond donors (Lipinski definition) is 15. The second-order valence-corrected chi connectivity index (χ2v) is 40.0. The first kappa shape index (κ1) is 113. The summed E-state index contributed by atoms with van der Waals surface area (Å²) >= 11 is 48.6. The molecule has 4 saturated carbocycles. The molecule has 8 aromatic carbocycles. The number of guanidine groups is 2. The number of Topliss-reactive ketones (excluding diaryl/α,β-unsaturated/α-hetero) is 4. The van der Waals surface area contributed by atoms with Crippen LogP contribution in [0.5, 0.6) is 0 Å². The second-order valence-electron chi connectivity index (χ2n) is 36.7. The van der Waals surface area contributed by atoms with E-state index in [1.54, 1.807) is 122 Å². The number of aromatic nitrogens is 4. The van der Waals surface area contributed by atoms with E-state index in [1.807, 2.05) is 36.4 Å². The number of nitrogens with zero attached hydrogens (tertiary/aromatic N) is 6. The van der Waals surface area contributed by atoms with Crippen LogP contribution in [0.4, 0.5) is 11.9 Å². The van der Waals surface area contributed by atoms with Gasteiger partial charge in [-0.05, 0) is 176 Å². The molecule has 1 aliphatic heterocycles. The highest BCUT2D eigenvalue weighted by molar-refractivity contribution is 6.42. The zero-order valence-corrected chi connectivity index (χ0v) is 86.2. The molecule has 15 rings (SSSR count). The largest absolute Gasteiger partial charge is 0.480 e. The fourth-order valence-electron chi connectivity index (χ4n) is 18.4. The van der Waals surface area contributed by atoms with E-state index < -0.39 is 71.7 Å². The summed E-state index contributed by atoms with van der Waals surface area (Å²) in [5.74, 6) is -4.65. The standard InChI is InChI=1S/C27H26Cl2N4O4.C27H30Cl2N4O4.C27H28Cl2N4O4.C26H27Cl2N5O4/c28-20-3-1-4-21(29)24(20)25(35)33-22(26(36)37)13-16-5-7-17(8-6-16)14-23(34)18-9-10-19(15-18)32-27-30-11-2-12-31-27;2*28-20-5-2-6-21(29)24(20)25(35)33-22(26(36)37)13-16-7-9-17(10-8-16)14-23(34)18-3-1-4-19(15-18)32-27-30-11-12-31-27;27-19-5-2-6-20(28)23(19)24(35)33-21(25(36)37)11-15-7-9-16(10-8-15)12-22(34)17-3-1-4-18(13-17)32-26(30)31-14-29/h1-8,11-12,18-19,22H,9-10,13-15H2,(H,33,35)(H,36,37)(H,30,31,32);2,5-10,18-19,22H,1,3-4,11-15H2,(H,33,35)(H,36,37)(H2,30,31,32);2,5-12,18-19,22H,1,3-4,13-15H2,(H,33,35)(H,36,37)(H2,30,31,32);2,5-10,17-18,21H,1,3-4,11-13H2,(H,33,35)(H,36,37)(H3,30,31,32)/t3*18-,19+,22-;17-,18+,21-/m0000/s1. The van der Waals surface area contributed by atoms with Crippen molar-refractivity contribution >= 4 is 187 Å². The van der Waals surface area contributed by atoms with Gasteiger partial charge in [0.25, 0.3) is 23.6 Å². The number of aromatic amines is 1. The molecule has 12 atom stereocenters. The SMILES string of the molecule is N#CNC(N)=N[C@@H]1CCC[C@H](C(=O)Cc2ccc(C[C@H](NC(=O)c3c(Cl)cccc3Cl)C(=O)O)cc2)C1.O=C(N[C@@H](Cc1ccc(CC(=O)[C@H]2CCC[C@@H](NC3=NCCN3)C2)cc1)C(=O)O)c1c(Cl)cccc1Cl.O=C(N[C@@H](Cc1ccc(CC(=O)[C@H]2CCC[C@@H](Nc3ncc[nH]3)C2)cc1)C(=O)O)c1c(Cl)cccc1Cl.O=C(N[C@@H](Cc1ccc(CC(=O)[C@H]2CC[C@@H](Nc3ncccn3)C2)cc1)C(=O)O)c1c(Cl)cccc1Cl. The Morgan fingerprint density at radius 1 is 0.378 bits per heavy atom. The Kier molecular flexibility index (Phi) is 42.8. The Bertz CT molecular complexity index is 6390. The summed E-state index contributed by atoms with van der Waals surface area (Å²) < 4.78 is 0. The van der Waals surface area contributed by atoms with Gasteiger partial charge in [-0.2, -0.15) is 5.26 Å². The van der Waals surface area contributed by atoms with Crippen molar-refractivity contribution in [2.75, 3.05) is 23.7 Å². The molecule has 0 radical (unpaired) electrons. The number of aliphatic carboxylic acids is 4.